The van der Waals surface area contributed by atoms with Gasteiger partial charge >= 0.3 is 0 Å². The summed E-state index contributed by atoms with van der Waals surface area (Å²) in [5.74, 6) is 0.788. The van der Waals surface area contributed by atoms with E-state index in [4.69, 9.17) is 0 Å². The van der Waals surface area contributed by atoms with Gasteiger partial charge in [0.1, 0.15) is 9.61 Å². The van der Waals surface area contributed by atoms with E-state index in [1.807, 2.05) is 5.38 Å². The maximum Gasteiger partial charge on any atom is 0.124 e. The first kappa shape index (κ1) is 12.4. The minimum Gasteiger partial charge on any atom is -0.229 e. The number of hydrogen-bond acceptors (Lipinski definition) is 2. The molecule has 3 heteroatoms. The number of halogens is 1. The van der Waals surface area contributed by atoms with Crippen LogP contribution in [0.5, 0.6) is 0 Å². The number of aromatic nitrogens is 1. The van der Waals surface area contributed by atoms with Crippen LogP contribution in [0.3, 0.4) is 0 Å². The molecule has 18 heavy (non-hydrogen) atoms. The lowest BCUT2D eigenvalue weighted by Crippen LogP contribution is -2.04. The zero-order valence-corrected chi connectivity index (χ0v) is 12.6. The van der Waals surface area contributed by atoms with Crippen molar-refractivity contribution < 1.29 is 0 Å². The highest BCUT2D eigenvalue weighted by atomic mass is 79.9. The fraction of sp³-hybridized carbons (Fsp3) is 0.400. The van der Waals surface area contributed by atoms with Crippen LogP contribution in [0.4, 0.5) is 0 Å². The van der Waals surface area contributed by atoms with Gasteiger partial charge in [-0.2, -0.15) is 0 Å². The molecule has 3 rings (SSSR count). The molecule has 0 atom stereocenters. The number of hydrogen-bond donors (Lipinski definition) is 0. The molecule has 0 spiro atoms. The molecule has 0 radical (unpaired) electrons. The summed E-state index contributed by atoms with van der Waals surface area (Å²) >= 11 is 5.09. The lowest BCUT2D eigenvalue weighted by Gasteiger charge is -2.21. The number of benzene rings is 1. The van der Waals surface area contributed by atoms with Gasteiger partial charge < -0.3 is 0 Å². The first-order valence-electron chi connectivity index (χ1n) is 6.54. The molecule has 1 aliphatic rings. The van der Waals surface area contributed by atoms with E-state index in [1.165, 1.54) is 43.2 Å². The largest absolute Gasteiger partial charge is 0.229 e. The standard InChI is InChI=1S/C15H16BrNS/c16-14-10-18-15(17-14)13-8-6-12(7-9-13)11-4-2-1-3-5-11/h6-11H,1-5H2. The topological polar surface area (TPSA) is 12.9 Å². The predicted molar refractivity (Wildman–Crippen MR) is 81.1 cm³/mol. The van der Waals surface area contributed by atoms with Crippen LogP contribution in [0.1, 0.15) is 43.6 Å². The molecule has 1 aromatic carbocycles. The molecule has 0 bridgehead atoms. The molecular formula is C15H16BrNS. The molecule has 0 N–H and O–H groups in total. The second kappa shape index (κ2) is 5.54. The Labute approximate surface area is 120 Å². The highest BCUT2D eigenvalue weighted by Gasteiger charge is 2.15. The van der Waals surface area contributed by atoms with Gasteiger partial charge in [0, 0.05) is 10.9 Å². The predicted octanol–water partition coefficient (Wildman–Crippen LogP) is 5.62. The Bertz CT molecular complexity index is 512. The molecule has 1 heterocycles. The molecule has 0 unspecified atom stereocenters. The summed E-state index contributed by atoms with van der Waals surface area (Å²) < 4.78 is 0.929. The summed E-state index contributed by atoms with van der Waals surface area (Å²) in [7, 11) is 0. The lowest BCUT2D eigenvalue weighted by atomic mass is 9.84. The number of thiazole rings is 1. The van der Waals surface area contributed by atoms with Gasteiger partial charge in [-0.25, -0.2) is 4.98 Å². The van der Waals surface area contributed by atoms with Gasteiger partial charge in [0.2, 0.25) is 0 Å². The summed E-state index contributed by atoms with van der Waals surface area (Å²) in [5.41, 5.74) is 2.74. The van der Waals surface area contributed by atoms with Crippen molar-refractivity contribution in [2.24, 2.45) is 0 Å². The Balaban J connectivity index is 1.80. The summed E-state index contributed by atoms with van der Waals surface area (Å²) in [4.78, 5) is 4.46. The number of nitrogens with zero attached hydrogens (tertiary/aromatic N) is 1. The van der Waals surface area contributed by atoms with Crippen molar-refractivity contribution in [2.45, 2.75) is 38.0 Å². The Morgan fingerprint density at radius 2 is 1.78 bits per heavy atom. The van der Waals surface area contributed by atoms with Crippen molar-refractivity contribution in [1.82, 2.24) is 4.98 Å². The molecule has 0 amide bonds. The van der Waals surface area contributed by atoms with Crippen LogP contribution in [0.2, 0.25) is 0 Å². The first-order chi connectivity index (χ1) is 8.83. The smallest absolute Gasteiger partial charge is 0.124 e. The van der Waals surface area contributed by atoms with Crippen molar-refractivity contribution >= 4 is 27.3 Å². The molecule has 1 saturated carbocycles. The summed E-state index contributed by atoms with van der Waals surface area (Å²) in [6, 6.07) is 9.02. The van der Waals surface area contributed by atoms with Crippen LogP contribution in [-0.4, -0.2) is 4.98 Å². The van der Waals surface area contributed by atoms with Gasteiger partial charge in [-0.05, 0) is 40.3 Å². The summed E-state index contributed by atoms with van der Waals surface area (Å²) in [6.07, 6.45) is 6.93. The molecule has 2 aromatic rings. The lowest BCUT2D eigenvalue weighted by molar-refractivity contribution is 0.443. The Hall–Kier alpha value is -0.670. The zero-order chi connectivity index (χ0) is 12.4. The highest BCUT2D eigenvalue weighted by molar-refractivity contribution is 9.10. The maximum atomic E-state index is 4.46. The van der Waals surface area contributed by atoms with Gasteiger partial charge in [0.05, 0.1) is 0 Å². The average Bonchev–Trinajstić information content (AvgIpc) is 2.87. The minimum absolute atomic E-state index is 0.788. The normalized spacial score (nSPS) is 16.9. The van der Waals surface area contributed by atoms with E-state index in [9.17, 15) is 0 Å². The van der Waals surface area contributed by atoms with Crippen molar-refractivity contribution in [2.75, 3.05) is 0 Å². The second-order valence-electron chi connectivity index (χ2n) is 4.93. The molecule has 1 fully saturated rings. The summed E-state index contributed by atoms with van der Waals surface area (Å²) in [6.45, 7) is 0. The SMILES string of the molecule is Brc1csc(-c2ccc(C3CCCCC3)cc2)n1. The molecule has 1 aromatic heterocycles. The van der Waals surface area contributed by atoms with E-state index < -0.39 is 0 Å². The highest BCUT2D eigenvalue weighted by Crippen LogP contribution is 2.34. The molecule has 1 nitrogen and oxygen atoms in total. The van der Waals surface area contributed by atoms with E-state index in [-0.39, 0.29) is 0 Å². The third kappa shape index (κ3) is 2.67. The third-order valence-corrected chi connectivity index (χ3v) is 5.31. The van der Waals surface area contributed by atoms with Crippen molar-refractivity contribution in [1.29, 1.82) is 0 Å². The van der Waals surface area contributed by atoms with E-state index >= 15 is 0 Å². The Morgan fingerprint density at radius 3 is 2.39 bits per heavy atom. The van der Waals surface area contributed by atoms with Crippen LogP contribution in [-0.2, 0) is 0 Å². The monoisotopic (exact) mass is 321 g/mol. The van der Waals surface area contributed by atoms with Gasteiger partial charge in [-0.1, -0.05) is 43.5 Å². The molecular weight excluding hydrogens is 306 g/mol. The summed E-state index contributed by atoms with van der Waals surface area (Å²) in [5, 5.41) is 3.13. The molecule has 94 valence electrons. The van der Waals surface area contributed by atoms with Crippen LogP contribution in [0.25, 0.3) is 10.6 Å². The van der Waals surface area contributed by atoms with Gasteiger partial charge in [0.15, 0.2) is 0 Å². The quantitative estimate of drug-likeness (QED) is 0.699. The van der Waals surface area contributed by atoms with Crippen molar-refractivity contribution in [3.8, 4) is 10.6 Å². The minimum atomic E-state index is 0.788. The van der Waals surface area contributed by atoms with E-state index in [0.29, 0.717) is 0 Å². The maximum absolute atomic E-state index is 4.46. The molecule has 0 saturated heterocycles. The fourth-order valence-corrected chi connectivity index (χ4v) is 3.98. The van der Waals surface area contributed by atoms with Crippen molar-refractivity contribution in [3.05, 3.63) is 39.8 Å². The first-order valence-corrected chi connectivity index (χ1v) is 8.21. The Morgan fingerprint density at radius 1 is 1.06 bits per heavy atom. The molecule has 1 aliphatic carbocycles. The van der Waals surface area contributed by atoms with Crippen LogP contribution >= 0.6 is 27.3 Å². The van der Waals surface area contributed by atoms with E-state index in [0.717, 1.165) is 15.5 Å². The fourth-order valence-electron chi connectivity index (χ4n) is 2.72. The van der Waals surface area contributed by atoms with Gasteiger partial charge in [0.25, 0.3) is 0 Å². The van der Waals surface area contributed by atoms with Crippen LogP contribution in [0, 0.1) is 0 Å². The van der Waals surface area contributed by atoms with E-state index in [1.54, 1.807) is 11.3 Å². The second-order valence-corrected chi connectivity index (χ2v) is 6.60. The zero-order valence-electron chi connectivity index (χ0n) is 10.2. The van der Waals surface area contributed by atoms with Crippen molar-refractivity contribution in [3.63, 3.8) is 0 Å². The van der Waals surface area contributed by atoms with Crippen LogP contribution in [0.15, 0.2) is 34.2 Å². The van der Waals surface area contributed by atoms with E-state index in [2.05, 4.69) is 45.2 Å². The third-order valence-electron chi connectivity index (χ3n) is 3.71. The number of rotatable bonds is 2. The van der Waals surface area contributed by atoms with Crippen LogP contribution < -0.4 is 0 Å². The van der Waals surface area contributed by atoms with Gasteiger partial charge in [-0.15, -0.1) is 11.3 Å². The molecule has 0 aliphatic heterocycles. The Kier molecular flexibility index (Phi) is 3.80. The van der Waals surface area contributed by atoms with Gasteiger partial charge in [-0.3, -0.25) is 0 Å². The average molecular weight is 322 g/mol.